The zero-order valence-electron chi connectivity index (χ0n) is 8.50. The summed E-state index contributed by atoms with van der Waals surface area (Å²) in [5.74, 6) is 1.01. The standard InChI is InChI=1S/C11H12BrN3/c1-15-10-8(3-2-4-9(10)12)11(14-15)13-7-5-6-7/h2-4,7H,5-6H2,1H3,(H,13,14). The fourth-order valence-electron chi connectivity index (χ4n) is 1.82. The van der Waals surface area contributed by atoms with Crippen LogP contribution in [0.25, 0.3) is 10.9 Å². The summed E-state index contributed by atoms with van der Waals surface area (Å²) in [7, 11) is 1.98. The number of rotatable bonds is 2. The summed E-state index contributed by atoms with van der Waals surface area (Å²) in [6.07, 6.45) is 2.54. The second-order valence-electron chi connectivity index (χ2n) is 4.03. The number of benzene rings is 1. The van der Waals surface area contributed by atoms with Gasteiger partial charge in [0.05, 0.1) is 5.52 Å². The molecule has 1 saturated carbocycles. The first-order chi connectivity index (χ1) is 7.25. The van der Waals surface area contributed by atoms with Crippen molar-refractivity contribution in [3.05, 3.63) is 22.7 Å². The van der Waals surface area contributed by atoms with Gasteiger partial charge in [-0.15, -0.1) is 0 Å². The van der Waals surface area contributed by atoms with E-state index >= 15 is 0 Å². The van der Waals surface area contributed by atoms with Gasteiger partial charge in [-0.1, -0.05) is 6.07 Å². The van der Waals surface area contributed by atoms with Gasteiger partial charge in [0.2, 0.25) is 0 Å². The smallest absolute Gasteiger partial charge is 0.156 e. The molecule has 0 aliphatic heterocycles. The van der Waals surface area contributed by atoms with E-state index in [1.165, 1.54) is 18.2 Å². The van der Waals surface area contributed by atoms with Gasteiger partial charge >= 0.3 is 0 Å². The van der Waals surface area contributed by atoms with Crippen molar-refractivity contribution in [2.75, 3.05) is 5.32 Å². The minimum absolute atomic E-state index is 0.641. The Morgan fingerprint density at radius 3 is 3.00 bits per heavy atom. The van der Waals surface area contributed by atoms with Gasteiger partial charge in [-0.2, -0.15) is 5.10 Å². The summed E-state index contributed by atoms with van der Waals surface area (Å²) in [6, 6.07) is 6.84. The van der Waals surface area contributed by atoms with Gasteiger partial charge < -0.3 is 5.32 Å². The first kappa shape index (κ1) is 9.21. The van der Waals surface area contributed by atoms with E-state index in [0.29, 0.717) is 6.04 Å². The van der Waals surface area contributed by atoms with E-state index in [9.17, 15) is 0 Å². The largest absolute Gasteiger partial charge is 0.365 e. The van der Waals surface area contributed by atoms with Crippen molar-refractivity contribution in [3.63, 3.8) is 0 Å². The Morgan fingerprint density at radius 2 is 2.27 bits per heavy atom. The quantitative estimate of drug-likeness (QED) is 0.905. The van der Waals surface area contributed by atoms with Crippen LogP contribution in [0, 0.1) is 0 Å². The maximum atomic E-state index is 4.51. The van der Waals surface area contributed by atoms with Crippen LogP contribution in [0.5, 0.6) is 0 Å². The number of nitrogens with zero attached hydrogens (tertiary/aromatic N) is 2. The number of aromatic nitrogens is 2. The number of para-hydroxylation sites is 1. The van der Waals surface area contributed by atoms with Crippen molar-refractivity contribution in [2.45, 2.75) is 18.9 Å². The van der Waals surface area contributed by atoms with Gasteiger partial charge in [0.25, 0.3) is 0 Å². The lowest BCUT2D eigenvalue weighted by Crippen LogP contribution is -2.02. The first-order valence-electron chi connectivity index (χ1n) is 5.13. The number of aryl methyl sites for hydroxylation is 1. The predicted molar refractivity (Wildman–Crippen MR) is 65.1 cm³/mol. The van der Waals surface area contributed by atoms with E-state index < -0.39 is 0 Å². The molecule has 1 aromatic heterocycles. The Labute approximate surface area is 96.6 Å². The summed E-state index contributed by atoms with van der Waals surface area (Å²) in [4.78, 5) is 0. The second kappa shape index (κ2) is 3.23. The van der Waals surface area contributed by atoms with Crippen molar-refractivity contribution in [1.29, 1.82) is 0 Å². The highest BCUT2D eigenvalue weighted by Crippen LogP contribution is 2.31. The third-order valence-electron chi connectivity index (χ3n) is 2.73. The number of hydrogen-bond donors (Lipinski definition) is 1. The molecule has 0 amide bonds. The molecule has 1 N–H and O–H groups in total. The van der Waals surface area contributed by atoms with Gasteiger partial charge in [0, 0.05) is 22.9 Å². The molecule has 3 nitrogen and oxygen atoms in total. The SMILES string of the molecule is Cn1nc(NC2CC2)c2cccc(Br)c21. The molecule has 1 heterocycles. The van der Waals surface area contributed by atoms with Gasteiger partial charge in [0.1, 0.15) is 0 Å². The Hall–Kier alpha value is -1.03. The van der Waals surface area contributed by atoms with Gasteiger partial charge in [-0.25, -0.2) is 0 Å². The molecule has 0 bridgehead atoms. The zero-order chi connectivity index (χ0) is 10.4. The molecule has 3 rings (SSSR count). The van der Waals surface area contributed by atoms with E-state index in [4.69, 9.17) is 0 Å². The summed E-state index contributed by atoms with van der Waals surface area (Å²) in [5, 5.41) is 9.15. The van der Waals surface area contributed by atoms with E-state index in [2.05, 4.69) is 32.4 Å². The maximum absolute atomic E-state index is 4.51. The van der Waals surface area contributed by atoms with E-state index in [1.807, 2.05) is 23.9 Å². The van der Waals surface area contributed by atoms with E-state index in [1.54, 1.807) is 0 Å². The molecule has 1 aromatic carbocycles. The number of anilines is 1. The molecule has 0 saturated heterocycles. The molecule has 0 atom stereocenters. The average Bonchev–Trinajstić information content (AvgIpc) is 2.94. The highest BCUT2D eigenvalue weighted by atomic mass is 79.9. The molecule has 4 heteroatoms. The minimum atomic E-state index is 0.641. The van der Waals surface area contributed by atoms with Crippen LogP contribution in [0.15, 0.2) is 22.7 Å². The lowest BCUT2D eigenvalue weighted by atomic mass is 10.2. The monoisotopic (exact) mass is 265 g/mol. The maximum Gasteiger partial charge on any atom is 0.156 e. The van der Waals surface area contributed by atoms with Crippen LogP contribution in [0.1, 0.15) is 12.8 Å². The summed E-state index contributed by atoms with van der Waals surface area (Å²) in [6.45, 7) is 0. The lowest BCUT2D eigenvalue weighted by Gasteiger charge is -1.99. The number of hydrogen-bond acceptors (Lipinski definition) is 2. The Kier molecular flexibility index (Phi) is 1.99. The molecule has 1 aliphatic carbocycles. The molecular weight excluding hydrogens is 254 g/mol. The normalized spacial score (nSPS) is 15.9. The number of halogens is 1. The van der Waals surface area contributed by atoms with Crippen LogP contribution in [0.3, 0.4) is 0 Å². The molecule has 0 radical (unpaired) electrons. The zero-order valence-corrected chi connectivity index (χ0v) is 10.1. The molecule has 0 unspecified atom stereocenters. The summed E-state index contributed by atoms with van der Waals surface area (Å²) < 4.78 is 3.02. The molecule has 15 heavy (non-hydrogen) atoms. The Morgan fingerprint density at radius 1 is 1.47 bits per heavy atom. The molecule has 2 aromatic rings. The average molecular weight is 266 g/mol. The van der Waals surface area contributed by atoms with E-state index in [0.717, 1.165) is 15.8 Å². The van der Waals surface area contributed by atoms with Gasteiger partial charge in [0.15, 0.2) is 5.82 Å². The topological polar surface area (TPSA) is 29.9 Å². The van der Waals surface area contributed by atoms with Crippen LogP contribution < -0.4 is 5.32 Å². The van der Waals surface area contributed by atoms with Crippen molar-refractivity contribution < 1.29 is 0 Å². The van der Waals surface area contributed by atoms with Crippen LogP contribution >= 0.6 is 15.9 Å². The summed E-state index contributed by atoms with van der Waals surface area (Å²) in [5.41, 5.74) is 1.15. The minimum Gasteiger partial charge on any atom is -0.365 e. The highest BCUT2D eigenvalue weighted by molar-refractivity contribution is 9.10. The van der Waals surface area contributed by atoms with Gasteiger partial charge in [-0.05, 0) is 40.9 Å². The molecule has 0 spiro atoms. The molecule has 1 aliphatic rings. The third-order valence-corrected chi connectivity index (χ3v) is 3.37. The van der Waals surface area contributed by atoms with Crippen molar-refractivity contribution in [1.82, 2.24) is 9.78 Å². The van der Waals surface area contributed by atoms with Crippen LogP contribution in [-0.4, -0.2) is 15.8 Å². The van der Waals surface area contributed by atoms with Crippen molar-refractivity contribution in [2.24, 2.45) is 7.05 Å². The molecular formula is C11H12BrN3. The highest BCUT2D eigenvalue weighted by Gasteiger charge is 2.23. The second-order valence-corrected chi connectivity index (χ2v) is 4.88. The lowest BCUT2D eigenvalue weighted by molar-refractivity contribution is 0.795. The van der Waals surface area contributed by atoms with Gasteiger partial charge in [-0.3, -0.25) is 4.68 Å². The number of fused-ring (bicyclic) bond motifs is 1. The van der Waals surface area contributed by atoms with E-state index in [-0.39, 0.29) is 0 Å². The van der Waals surface area contributed by atoms with Crippen LogP contribution in [-0.2, 0) is 7.05 Å². The van der Waals surface area contributed by atoms with Crippen LogP contribution in [0.2, 0.25) is 0 Å². The molecule has 1 fully saturated rings. The Balaban J connectivity index is 2.17. The number of nitrogens with one attached hydrogen (secondary N) is 1. The molecule has 78 valence electrons. The fraction of sp³-hybridized carbons (Fsp3) is 0.364. The summed E-state index contributed by atoms with van der Waals surface area (Å²) >= 11 is 3.55. The predicted octanol–water partition coefficient (Wildman–Crippen LogP) is 2.91. The van der Waals surface area contributed by atoms with Crippen LogP contribution in [0.4, 0.5) is 5.82 Å². The Bertz CT molecular complexity index is 514. The fourth-order valence-corrected chi connectivity index (χ4v) is 2.44. The van der Waals surface area contributed by atoms with Crippen molar-refractivity contribution >= 4 is 32.7 Å². The first-order valence-corrected chi connectivity index (χ1v) is 5.93. The van der Waals surface area contributed by atoms with Crippen molar-refractivity contribution in [3.8, 4) is 0 Å². The third kappa shape index (κ3) is 1.53.